The van der Waals surface area contributed by atoms with Crippen molar-refractivity contribution in [1.29, 1.82) is 0 Å². The monoisotopic (exact) mass is 252 g/mol. The summed E-state index contributed by atoms with van der Waals surface area (Å²) in [4.78, 5) is 10.9. The topological polar surface area (TPSA) is 29.5 Å². The van der Waals surface area contributed by atoms with E-state index in [9.17, 15) is 0 Å². The van der Waals surface area contributed by atoms with E-state index in [0.717, 1.165) is 3.59 Å². The van der Waals surface area contributed by atoms with Gasteiger partial charge in [0.2, 0.25) is 0 Å². The molecule has 0 aliphatic heterocycles. The molecule has 60 valence electrons. The maximum atomic E-state index is 8.34. The van der Waals surface area contributed by atoms with Gasteiger partial charge in [-0.2, -0.15) is 0 Å². The Morgan fingerprint density at radius 1 is 1.50 bits per heavy atom. The van der Waals surface area contributed by atoms with E-state index in [0.29, 0.717) is 0 Å². The molecule has 0 saturated heterocycles. The van der Waals surface area contributed by atoms with Crippen LogP contribution in [0.25, 0.3) is 0 Å². The molecule has 0 rings (SSSR count). The van der Waals surface area contributed by atoms with Crippen LogP contribution in [0.1, 0.15) is 6.92 Å². The fourth-order valence-electron chi connectivity index (χ4n) is 0.673. The van der Waals surface area contributed by atoms with Gasteiger partial charge >= 0.3 is 66.5 Å². The van der Waals surface area contributed by atoms with Crippen molar-refractivity contribution in [3.05, 3.63) is 10.2 Å². The molecule has 0 aromatic rings. The molecule has 0 bridgehead atoms. The van der Waals surface area contributed by atoms with E-state index in [1.165, 1.54) is 0 Å². The molecule has 0 amide bonds. The normalized spacial score (nSPS) is 14.9. The molecule has 1 atom stereocenters. The van der Waals surface area contributed by atoms with Crippen molar-refractivity contribution >= 4 is 18.4 Å². The zero-order valence-corrected chi connectivity index (χ0v) is 9.99. The van der Waals surface area contributed by atoms with Crippen LogP contribution in [0.5, 0.6) is 0 Å². The molecule has 0 aromatic heterocycles. The first kappa shape index (κ1) is 10.5. The third-order valence-corrected chi connectivity index (χ3v) is 8.27. The molecule has 10 heavy (non-hydrogen) atoms. The Hall–Kier alpha value is 0.459. The SMILES string of the molecule is C=[C](C(C)OO)[Sn]([CH3])([CH3])[CH3]. The van der Waals surface area contributed by atoms with Gasteiger partial charge in [0, 0.05) is 0 Å². The predicted octanol–water partition coefficient (Wildman–Crippen LogP) is 2.30. The Morgan fingerprint density at radius 2 is 1.90 bits per heavy atom. The zero-order chi connectivity index (χ0) is 8.36. The quantitative estimate of drug-likeness (QED) is 0.473. The van der Waals surface area contributed by atoms with Crippen molar-refractivity contribution in [2.75, 3.05) is 0 Å². The van der Waals surface area contributed by atoms with E-state index in [-0.39, 0.29) is 6.10 Å². The van der Waals surface area contributed by atoms with Crippen LogP contribution < -0.4 is 0 Å². The predicted molar refractivity (Wildman–Crippen MR) is 45.7 cm³/mol. The molecular weight excluding hydrogens is 235 g/mol. The third-order valence-electron chi connectivity index (χ3n) is 1.61. The first-order valence-corrected chi connectivity index (χ1v) is 13.4. The summed E-state index contributed by atoms with van der Waals surface area (Å²) in [7, 11) is 0. The molecule has 0 fully saturated rings. The summed E-state index contributed by atoms with van der Waals surface area (Å²) in [5.74, 6) is 0. The fraction of sp³-hybridized carbons (Fsp3) is 0.714. The van der Waals surface area contributed by atoms with Crippen molar-refractivity contribution in [3.63, 3.8) is 0 Å². The molecule has 0 spiro atoms. The van der Waals surface area contributed by atoms with Gasteiger partial charge in [0.25, 0.3) is 0 Å². The van der Waals surface area contributed by atoms with E-state index in [4.69, 9.17) is 5.26 Å². The van der Waals surface area contributed by atoms with Crippen molar-refractivity contribution in [2.45, 2.75) is 27.8 Å². The van der Waals surface area contributed by atoms with Crippen LogP contribution in [0.2, 0.25) is 14.8 Å². The fourth-order valence-corrected chi connectivity index (χ4v) is 4.30. The van der Waals surface area contributed by atoms with Crippen molar-refractivity contribution in [3.8, 4) is 0 Å². The molecule has 2 nitrogen and oxygen atoms in total. The van der Waals surface area contributed by atoms with Gasteiger partial charge in [0.15, 0.2) is 0 Å². The van der Waals surface area contributed by atoms with Gasteiger partial charge in [-0.3, -0.25) is 0 Å². The molecule has 0 radical (unpaired) electrons. The Balaban J connectivity index is 4.09. The number of hydrogen-bond donors (Lipinski definition) is 1. The Morgan fingerprint density at radius 3 is 2.00 bits per heavy atom. The van der Waals surface area contributed by atoms with Gasteiger partial charge in [0.1, 0.15) is 0 Å². The average Bonchev–Trinajstić information content (AvgIpc) is 1.83. The molecular formula is C7H16O2Sn. The first-order chi connectivity index (χ1) is 4.39. The van der Waals surface area contributed by atoms with Crippen LogP contribution in [0.4, 0.5) is 0 Å². The second kappa shape index (κ2) is 3.74. The van der Waals surface area contributed by atoms with E-state index in [1.54, 1.807) is 0 Å². The van der Waals surface area contributed by atoms with Crippen LogP contribution in [-0.4, -0.2) is 29.7 Å². The molecule has 1 N–H and O–H groups in total. The van der Waals surface area contributed by atoms with E-state index in [1.807, 2.05) is 6.92 Å². The van der Waals surface area contributed by atoms with Crippen LogP contribution >= 0.6 is 0 Å². The van der Waals surface area contributed by atoms with E-state index >= 15 is 0 Å². The molecule has 0 saturated carbocycles. The molecule has 0 aliphatic carbocycles. The van der Waals surface area contributed by atoms with Gasteiger partial charge in [-0.1, -0.05) is 0 Å². The molecule has 0 aromatic carbocycles. The summed E-state index contributed by atoms with van der Waals surface area (Å²) in [6.45, 7) is 5.73. The van der Waals surface area contributed by atoms with Crippen LogP contribution in [0.3, 0.4) is 0 Å². The molecule has 0 heterocycles. The maximum absolute atomic E-state index is 8.34. The second-order valence-corrected chi connectivity index (χ2v) is 18.2. The van der Waals surface area contributed by atoms with Gasteiger partial charge in [0.05, 0.1) is 0 Å². The minimum atomic E-state index is -2.00. The number of rotatable bonds is 3. The standard InChI is InChI=1S/C4H7O2.3CH3.Sn/c1-3-4(2)6-5;;;;/h4-5H,1H2,2H3;3*1H3;. The third kappa shape index (κ3) is 3.03. The van der Waals surface area contributed by atoms with Crippen molar-refractivity contribution < 1.29 is 10.1 Å². The summed E-state index contributed by atoms with van der Waals surface area (Å²) in [6, 6.07) is 0. The summed E-state index contributed by atoms with van der Waals surface area (Å²) in [5, 5.41) is 8.34. The van der Waals surface area contributed by atoms with Crippen molar-refractivity contribution in [2.24, 2.45) is 0 Å². The van der Waals surface area contributed by atoms with Gasteiger partial charge in [-0.15, -0.1) is 0 Å². The Labute approximate surface area is 66.7 Å². The number of hydrogen-bond acceptors (Lipinski definition) is 2. The van der Waals surface area contributed by atoms with Gasteiger partial charge in [-0.25, -0.2) is 0 Å². The Kier molecular flexibility index (Phi) is 3.91. The zero-order valence-electron chi connectivity index (χ0n) is 7.14. The van der Waals surface area contributed by atoms with E-state index < -0.39 is 18.4 Å². The molecule has 0 aliphatic rings. The minimum absolute atomic E-state index is 0.184. The first-order valence-electron chi connectivity index (χ1n) is 3.39. The van der Waals surface area contributed by atoms with Crippen LogP contribution in [0, 0.1) is 0 Å². The Bertz CT molecular complexity index is 126. The van der Waals surface area contributed by atoms with Crippen LogP contribution in [-0.2, 0) is 4.89 Å². The summed E-state index contributed by atoms with van der Waals surface area (Å²) in [5.41, 5.74) is 0. The summed E-state index contributed by atoms with van der Waals surface area (Å²) in [6.07, 6.45) is -0.184. The summed E-state index contributed by atoms with van der Waals surface area (Å²) >= 11 is -2.00. The average molecular weight is 251 g/mol. The molecule has 1 unspecified atom stereocenters. The summed E-state index contributed by atoms with van der Waals surface area (Å²) < 4.78 is 1.11. The molecule has 3 heteroatoms. The van der Waals surface area contributed by atoms with Gasteiger partial charge in [-0.05, 0) is 0 Å². The second-order valence-electron chi connectivity index (χ2n) is 3.52. The van der Waals surface area contributed by atoms with Gasteiger partial charge < -0.3 is 0 Å². The van der Waals surface area contributed by atoms with E-state index in [2.05, 4.69) is 26.3 Å². The van der Waals surface area contributed by atoms with Crippen molar-refractivity contribution in [1.82, 2.24) is 0 Å². The van der Waals surface area contributed by atoms with Crippen LogP contribution in [0.15, 0.2) is 10.2 Å².